The number of phenols is 1. The van der Waals surface area contributed by atoms with Crippen LogP contribution in [0, 0.1) is 5.82 Å². The van der Waals surface area contributed by atoms with Crippen molar-refractivity contribution in [2.75, 3.05) is 17.1 Å². The summed E-state index contributed by atoms with van der Waals surface area (Å²) in [6.45, 7) is 3.98. The van der Waals surface area contributed by atoms with Gasteiger partial charge in [-0.2, -0.15) is 0 Å². The molecule has 40 heavy (non-hydrogen) atoms. The number of fused-ring (bicyclic) bond motifs is 1. The van der Waals surface area contributed by atoms with Gasteiger partial charge in [-0.3, -0.25) is 9.52 Å². The number of carboxylic acids is 1. The van der Waals surface area contributed by atoms with E-state index in [9.17, 15) is 22.7 Å². The number of halogens is 1. The van der Waals surface area contributed by atoms with Gasteiger partial charge in [-0.15, -0.1) is 11.8 Å². The van der Waals surface area contributed by atoms with Crippen LogP contribution in [0.25, 0.3) is 10.8 Å². The Labute approximate surface area is 235 Å². The van der Waals surface area contributed by atoms with Crippen molar-refractivity contribution < 1.29 is 37.3 Å². The van der Waals surface area contributed by atoms with E-state index in [1.165, 1.54) is 42.5 Å². The quantitative estimate of drug-likeness (QED) is 0.100. The number of benzene rings is 4. The molecule has 4 rings (SSSR count). The van der Waals surface area contributed by atoms with Crippen molar-refractivity contribution in [3.8, 4) is 23.0 Å². The number of nitrogens with one attached hydrogen (secondary N) is 1. The van der Waals surface area contributed by atoms with Crippen LogP contribution in [0.3, 0.4) is 0 Å². The summed E-state index contributed by atoms with van der Waals surface area (Å²) in [7, 11) is -4.14. The molecule has 0 saturated heterocycles. The number of hydrogen-bond acceptors (Lipinski definition) is 7. The fraction of sp³-hybridized carbons (Fsp3) is 0.138. The van der Waals surface area contributed by atoms with Crippen LogP contribution in [0.15, 0.2) is 94.2 Å². The van der Waals surface area contributed by atoms with E-state index in [0.717, 1.165) is 17.3 Å². The second-order valence-corrected chi connectivity index (χ2v) is 11.6. The zero-order valence-corrected chi connectivity index (χ0v) is 23.2. The van der Waals surface area contributed by atoms with Gasteiger partial charge >= 0.3 is 5.97 Å². The summed E-state index contributed by atoms with van der Waals surface area (Å²) in [6.07, 6.45) is 1.80. The molecule has 4 aromatic rings. The van der Waals surface area contributed by atoms with E-state index in [0.29, 0.717) is 10.8 Å². The number of aromatic hydroxyl groups is 1. The Morgan fingerprint density at radius 1 is 1.00 bits per heavy atom. The topological polar surface area (TPSA) is 122 Å². The van der Waals surface area contributed by atoms with Crippen LogP contribution in [0.4, 0.5) is 10.1 Å². The summed E-state index contributed by atoms with van der Waals surface area (Å²) in [6, 6.07) is 17.8. The van der Waals surface area contributed by atoms with E-state index in [2.05, 4.69) is 4.72 Å². The predicted molar refractivity (Wildman–Crippen MR) is 153 cm³/mol. The average Bonchev–Trinajstić information content (AvgIpc) is 2.91. The molecule has 0 heterocycles. The van der Waals surface area contributed by atoms with Crippen molar-refractivity contribution in [2.45, 2.75) is 23.6 Å². The van der Waals surface area contributed by atoms with E-state index < -0.39 is 21.8 Å². The molecule has 3 N–H and O–H groups in total. The maximum atomic E-state index is 14.2. The largest absolute Gasteiger partial charge is 0.506 e. The van der Waals surface area contributed by atoms with Gasteiger partial charge in [-0.25, -0.2) is 12.8 Å². The molecule has 0 unspecified atom stereocenters. The summed E-state index contributed by atoms with van der Waals surface area (Å²) in [5.74, 6) is -1.65. The van der Waals surface area contributed by atoms with Crippen LogP contribution in [0.5, 0.6) is 23.0 Å². The Kier molecular flexibility index (Phi) is 8.86. The Bertz CT molecular complexity index is 1700. The van der Waals surface area contributed by atoms with Crippen LogP contribution < -0.4 is 14.2 Å². The maximum absolute atomic E-state index is 14.2. The summed E-state index contributed by atoms with van der Waals surface area (Å²) >= 11 is 0.873. The number of aliphatic carboxylic acids is 1. The van der Waals surface area contributed by atoms with E-state index in [-0.39, 0.29) is 50.8 Å². The number of ether oxygens (including phenoxy) is 2. The second-order valence-electron chi connectivity index (χ2n) is 8.87. The number of allylic oxidation sites excluding steroid dienone is 1. The Morgan fingerprint density at radius 3 is 2.45 bits per heavy atom. The van der Waals surface area contributed by atoms with Crippen molar-refractivity contribution in [2.24, 2.45) is 0 Å². The molecule has 8 nitrogen and oxygen atoms in total. The van der Waals surface area contributed by atoms with Crippen LogP contribution in [-0.2, 0) is 14.8 Å². The lowest BCUT2D eigenvalue weighted by Crippen LogP contribution is -2.13. The summed E-state index contributed by atoms with van der Waals surface area (Å²) in [5, 5.41) is 20.5. The lowest BCUT2D eigenvalue weighted by Gasteiger charge is -2.15. The van der Waals surface area contributed by atoms with Crippen molar-refractivity contribution in [1.29, 1.82) is 0 Å². The second kappa shape index (κ2) is 12.3. The highest BCUT2D eigenvalue weighted by Gasteiger charge is 2.20. The molecule has 0 aliphatic carbocycles. The molecule has 0 spiro atoms. The minimum Gasteiger partial charge on any atom is -0.506 e. The average molecular weight is 584 g/mol. The Hall–Kier alpha value is -4.22. The lowest BCUT2D eigenvalue weighted by molar-refractivity contribution is -0.133. The molecule has 0 amide bonds. The minimum absolute atomic E-state index is 0.00350. The Balaban J connectivity index is 1.61. The normalized spacial score (nSPS) is 11.2. The molecule has 4 aromatic carbocycles. The van der Waals surface area contributed by atoms with Crippen LogP contribution >= 0.6 is 11.8 Å². The first-order valence-corrected chi connectivity index (χ1v) is 14.5. The highest BCUT2D eigenvalue weighted by Crippen LogP contribution is 2.40. The van der Waals surface area contributed by atoms with Gasteiger partial charge in [0, 0.05) is 22.9 Å². The number of carboxylic acid groups (broad SMARTS) is 1. The van der Waals surface area contributed by atoms with Gasteiger partial charge in [0.2, 0.25) is 0 Å². The Morgan fingerprint density at radius 2 is 1.73 bits per heavy atom. The monoisotopic (exact) mass is 583 g/mol. The van der Waals surface area contributed by atoms with E-state index in [4.69, 9.17) is 14.6 Å². The number of phenolic OH excluding ortho intramolecular Hbond substituents is 1. The predicted octanol–water partition coefficient (Wildman–Crippen LogP) is 6.80. The zero-order chi connectivity index (χ0) is 28.9. The number of rotatable bonds is 11. The molecule has 0 aromatic heterocycles. The molecule has 0 aliphatic rings. The highest BCUT2D eigenvalue weighted by molar-refractivity contribution is 8.00. The summed E-state index contributed by atoms with van der Waals surface area (Å²) in [5.41, 5.74) is 1.19. The first kappa shape index (κ1) is 28.8. The first-order chi connectivity index (χ1) is 19.0. The summed E-state index contributed by atoms with van der Waals surface area (Å²) < 4.78 is 54.7. The molecular weight excluding hydrogens is 557 g/mol. The van der Waals surface area contributed by atoms with Gasteiger partial charge in [-0.1, -0.05) is 35.9 Å². The third-order valence-corrected chi connectivity index (χ3v) is 7.94. The number of thioether (sulfide) groups is 1. The lowest BCUT2D eigenvalue weighted by atomic mass is 10.1. The van der Waals surface area contributed by atoms with Crippen molar-refractivity contribution in [3.63, 3.8) is 0 Å². The van der Waals surface area contributed by atoms with Gasteiger partial charge in [0.25, 0.3) is 10.0 Å². The number of anilines is 1. The van der Waals surface area contributed by atoms with Gasteiger partial charge < -0.3 is 19.7 Å². The van der Waals surface area contributed by atoms with E-state index >= 15 is 0 Å². The fourth-order valence-corrected chi connectivity index (χ4v) is 5.50. The van der Waals surface area contributed by atoms with Gasteiger partial charge in [-0.05, 0) is 50.3 Å². The molecule has 11 heteroatoms. The third kappa shape index (κ3) is 7.04. The molecule has 0 aliphatic heterocycles. The first-order valence-electron chi connectivity index (χ1n) is 12.0. The van der Waals surface area contributed by atoms with Gasteiger partial charge in [0.15, 0.2) is 11.6 Å². The van der Waals surface area contributed by atoms with Crippen molar-refractivity contribution in [3.05, 3.63) is 90.3 Å². The smallest absolute Gasteiger partial charge is 0.313 e. The molecular formula is C29H26FNO7S2. The molecule has 0 fully saturated rings. The fourth-order valence-electron chi connectivity index (χ4n) is 3.67. The standard InChI is InChI=1S/C29H26FNO7S2/c1-18(2)12-13-37-26-15-20(10-11-24(26)30)38-19-6-5-7-21(14-19)40(35,36)31-25-16-27(39-17-28(32)33)29(34)23-9-4-3-8-22(23)25/h3-12,14-16,31,34H,13,17H2,1-2H3,(H,32,33). The highest BCUT2D eigenvalue weighted by atomic mass is 32.2. The zero-order valence-electron chi connectivity index (χ0n) is 21.5. The van der Waals surface area contributed by atoms with Crippen molar-refractivity contribution in [1.82, 2.24) is 0 Å². The number of sulfonamides is 1. The molecule has 0 saturated carbocycles. The summed E-state index contributed by atoms with van der Waals surface area (Å²) in [4.78, 5) is 11.2. The van der Waals surface area contributed by atoms with Crippen LogP contribution in [-0.4, -0.2) is 37.0 Å². The molecule has 208 valence electrons. The molecule has 0 atom stereocenters. The van der Waals surface area contributed by atoms with Crippen molar-refractivity contribution >= 4 is 44.2 Å². The molecule has 0 radical (unpaired) electrons. The molecule has 0 bridgehead atoms. The van der Waals surface area contributed by atoms with Crippen LogP contribution in [0.2, 0.25) is 0 Å². The van der Waals surface area contributed by atoms with E-state index in [1.54, 1.807) is 36.4 Å². The van der Waals surface area contributed by atoms with Crippen LogP contribution in [0.1, 0.15) is 13.8 Å². The SMILES string of the molecule is CC(C)=CCOc1cc(Oc2cccc(S(=O)(=O)Nc3cc(SCC(=O)O)c(O)c4ccccc34)c2)ccc1F. The number of carbonyl (C=O) groups is 1. The maximum Gasteiger partial charge on any atom is 0.313 e. The number of hydrogen-bond donors (Lipinski definition) is 3. The third-order valence-electron chi connectivity index (χ3n) is 5.56. The van der Waals surface area contributed by atoms with Gasteiger partial charge in [0.1, 0.15) is 23.9 Å². The van der Waals surface area contributed by atoms with E-state index in [1.807, 2.05) is 13.8 Å². The van der Waals surface area contributed by atoms with Gasteiger partial charge in [0.05, 0.1) is 21.2 Å². The minimum atomic E-state index is -4.14.